The fourth-order valence-electron chi connectivity index (χ4n) is 5.15. The molecule has 1 aromatic rings. The van der Waals surface area contributed by atoms with Gasteiger partial charge in [-0.2, -0.15) is 0 Å². The largest absolute Gasteiger partial charge is 0.349 e. The highest BCUT2D eigenvalue weighted by molar-refractivity contribution is 6.30. The molecular weight excluding hydrogens is 416 g/mol. The molecule has 1 aromatic carbocycles. The third kappa shape index (κ3) is 5.32. The molecule has 1 aliphatic heterocycles. The van der Waals surface area contributed by atoms with Gasteiger partial charge >= 0.3 is 6.03 Å². The molecule has 1 heterocycles. The van der Waals surface area contributed by atoms with Crippen LogP contribution in [0, 0.1) is 0 Å². The van der Waals surface area contributed by atoms with Gasteiger partial charge in [0, 0.05) is 22.8 Å². The normalized spacial score (nSPS) is 26.5. The van der Waals surface area contributed by atoms with Crippen LogP contribution in [0.15, 0.2) is 24.3 Å². The number of hydrogen-bond acceptors (Lipinski definition) is 3. The molecule has 3 aliphatic rings. The molecular formula is C23H31ClN4O3. The van der Waals surface area contributed by atoms with Crippen molar-refractivity contribution in [2.24, 2.45) is 0 Å². The van der Waals surface area contributed by atoms with Crippen molar-refractivity contribution >= 4 is 35.1 Å². The van der Waals surface area contributed by atoms with Gasteiger partial charge in [-0.15, -0.1) is 0 Å². The summed E-state index contributed by atoms with van der Waals surface area (Å²) in [5.41, 5.74) is 0.611. The van der Waals surface area contributed by atoms with Crippen molar-refractivity contribution in [3.8, 4) is 0 Å². The van der Waals surface area contributed by atoms with Crippen LogP contribution in [-0.4, -0.2) is 46.9 Å². The van der Waals surface area contributed by atoms with Crippen LogP contribution in [0.4, 0.5) is 10.5 Å². The van der Waals surface area contributed by atoms with Gasteiger partial charge in [0.15, 0.2) is 0 Å². The average Bonchev–Trinajstić information content (AvgIpc) is 2.76. The summed E-state index contributed by atoms with van der Waals surface area (Å²) in [5, 5.41) is 9.63. The molecule has 0 bridgehead atoms. The van der Waals surface area contributed by atoms with Gasteiger partial charge in [0.1, 0.15) is 6.04 Å². The first-order valence-electron chi connectivity index (χ1n) is 11.5. The quantitative estimate of drug-likeness (QED) is 0.656. The van der Waals surface area contributed by atoms with E-state index in [1.54, 1.807) is 29.2 Å². The predicted molar refractivity (Wildman–Crippen MR) is 120 cm³/mol. The molecule has 0 aromatic heterocycles. The van der Waals surface area contributed by atoms with Crippen LogP contribution in [0.3, 0.4) is 0 Å². The highest BCUT2D eigenvalue weighted by atomic mass is 35.5. The van der Waals surface area contributed by atoms with Crippen molar-refractivity contribution in [3.63, 3.8) is 0 Å². The summed E-state index contributed by atoms with van der Waals surface area (Å²) in [6, 6.07) is 5.85. The molecule has 168 valence electrons. The van der Waals surface area contributed by atoms with Gasteiger partial charge in [0.2, 0.25) is 11.8 Å². The number of benzene rings is 1. The maximum Gasteiger partial charge on any atom is 0.318 e. The molecule has 0 unspecified atom stereocenters. The summed E-state index contributed by atoms with van der Waals surface area (Å²) < 4.78 is 0. The average molecular weight is 447 g/mol. The van der Waals surface area contributed by atoms with Crippen molar-refractivity contribution in [2.75, 3.05) is 5.32 Å². The number of carbonyl (C=O) groups is 3. The van der Waals surface area contributed by atoms with E-state index >= 15 is 0 Å². The van der Waals surface area contributed by atoms with E-state index in [2.05, 4.69) is 16.0 Å². The number of halogens is 1. The van der Waals surface area contributed by atoms with Crippen LogP contribution in [-0.2, 0) is 9.59 Å². The Morgan fingerprint density at radius 3 is 2.42 bits per heavy atom. The molecule has 0 radical (unpaired) electrons. The summed E-state index contributed by atoms with van der Waals surface area (Å²) in [6.45, 7) is 0. The number of anilines is 1. The molecule has 4 amide bonds. The molecule has 3 atom stereocenters. The fourth-order valence-corrected chi connectivity index (χ4v) is 5.28. The van der Waals surface area contributed by atoms with Crippen molar-refractivity contribution in [2.45, 2.75) is 88.4 Å². The van der Waals surface area contributed by atoms with Gasteiger partial charge in [-0.1, -0.05) is 43.7 Å². The second kappa shape index (κ2) is 9.90. The van der Waals surface area contributed by atoms with Gasteiger partial charge in [-0.25, -0.2) is 4.79 Å². The van der Waals surface area contributed by atoms with Crippen molar-refractivity contribution in [1.29, 1.82) is 0 Å². The molecule has 1 saturated heterocycles. The molecule has 2 aliphatic carbocycles. The van der Waals surface area contributed by atoms with E-state index in [4.69, 9.17) is 11.6 Å². The van der Waals surface area contributed by atoms with Crippen LogP contribution < -0.4 is 16.0 Å². The van der Waals surface area contributed by atoms with Crippen LogP contribution in [0.25, 0.3) is 0 Å². The first-order chi connectivity index (χ1) is 15.0. The number of fused-ring (bicyclic) bond motifs is 1. The minimum Gasteiger partial charge on any atom is -0.349 e. The fraction of sp³-hybridized carbons (Fsp3) is 0.609. The lowest BCUT2D eigenvalue weighted by Gasteiger charge is -2.48. The third-order valence-electron chi connectivity index (χ3n) is 6.73. The topological polar surface area (TPSA) is 90.5 Å². The second-order valence-electron chi connectivity index (χ2n) is 8.93. The Labute approximate surface area is 188 Å². The molecule has 7 nitrogen and oxygen atoms in total. The summed E-state index contributed by atoms with van der Waals surface area (Å²) in [5.74, 6) is -0.541. The summed E-state index contributed by atoms with van der Waals surface area (Å²) in [4.78, 5) is 40.7. The van der Waals surface area contributed by atoms with Gasteiger partial charge in [0.25, 0.3) is 0 Å². The van der Waals surface area contributed by atoms with E-state index in [9.17, 15) is 14.4 Å². The van der Waals surface area contributed by atoms with Crippen LogP contribution in [0.1, 0.15) is 64.2 Å². The van der Waals surface area contributed by atoms with Crippen molar-refractivity contribution < 1.29 is 14.4 Å². The summed E-state index contributed by atoms with van der Waals surface area (Å²) in [7, 11) is 0. The smallest absolute Gasteiger partial charge is 0.318 e. The number of nitrogens with one attached hydrogen (secondary N) is 3. The highest BCUT2D eigenvalue weighted by Crippen LogP contribution is 2.30. The van der Waals surface area contributed by atoms with Crippen molar-refractivity contribution in [1.82, 2.24) is 15.5 Å². The number of nitrogens with zero attached hydrogens (tertiary/aromatic N) is 1. The molecule has 8 heteroatoms. The number of amides is 4. The third-order valence-corrected chi connectivity index (χ3v) is 6.98. The summed E-state index contributed by atoms with van der Waals surface area (Å²) in [6.07, 6.45) is 9.09. The number of hydrogen-bond donors (Lipinski definition) is 3. The Balaban J connectivity index is 1.49. The van der Waals surface area contributed by atoms with E-state index in [1.807, 2.05) is 0 Å². The Bertz CT molecular complexity index is 810. The zero-order chi connectivity index (χ0) is 21.8. The Morgan fingerprint density at radius 2 is 1.68 bits per heavy atom. The molecule has 4 rings (SSSR count). The predicted octanol–water partition coefficient (Wildman–Crippen LogP) is 3.82. The van der Waals surface area contributed by atoms with E-state index < -0.39 is 6.04 Å². The van der Waals surface area contributed by atoms with E-state index in [0.29, 0.717) is 10.7 Å². The first-order valence-corrected chi connectivity index (χ1v) is 11.8. The standard InChI is InChI=1S/C23H31ClN4O3/c24-15-10-12-17(13-11-15)25-21(29)14-20-22(30)27-18-8-4-5-9-19(18)28(20)23(31)26-16-6-2-1-3-7-16/h10-13,16,18-20H,1-9,14H2,(H,25,29)(H,26,31)(H,27,30)/t18-,19-,20+/m0/s1. The second-order valence-corrected chi connectivity index (χ2v) is 9.37. The Hall–Kier alpha value is -2.28. The molecule has 3 N–H and O–H groups in total. The van der Waals surface area contributed by atoms with Gasteiger partial charge in [-0.3, -0.25) is 9.59 Å². The molecule has 31 heavy (non-hydrogen) atoms. The maximum absolute atomic E-state index is 13.3. The Kier molecular flexibility index (Phi) is 7.00. The maximum atomic E-state index is 13.3. The minimum atomic E-state index is -0.810. The first kappa shape index (κ1) is 21.9. The summed E-state index contributed by atoms with van der Waals surface area (Å²) >= 11 is 5.91. The van der Waals surface area contributed by atoms with Gasteiger partial charge in [-0.05, 0) is 49.9 Å². The van der Waals surface area contributed by atoms with Gasteiger partial charge in [0.05, 0.1) is 12.5 Å². The van der Waals surface area contributed by atoms with Crippen LogP contribution in [0.5, 0.6) is 0 Å². The number of urea groups is 1. The monoisotopic (exact) mass is 446 g/mol. The zero-order valence-corrected chi connectivity index (χ0v) is 18.5. The number of carbonyl (C=O) groups excluding carboxylic acids is 3. The lowest BCUT2D eigenvalue weighted by molar-refractivity contribution is -0.135. The number of piperazine rings is 1. The van der Waals surface area contributed by atoms with E-state index in [-0.39, 0.29) is 42.4 Å². The van der Waals surface area contributed by atoms with E-state index in [1.165, 1.54) is 6.42 Å². The zero-order valence-electron chi connectivity index (χ0n) is 17.7. The van der Waals surface area contributed by atoms with Gasteiger partial charge < -0.3 is 20.9 Å². The van der Waals surface area contributed by atoms with Crippen LogP contribution >= 0.6 is 11.6 Å². The lowest BCUT2D eigenvalue weighted by atomic mass is 9.85. The van der Waals surface area contributed by atoms with Crippen LogP contribution in [0.2, 0.25) is 5.02 Å². The number of rotatable bonds is 4. The molecule has 0 spiro atoms. The minimum absolute atomic E-state index is 0.0334. The SMILES string of the molecule is O=C(C[C@@H]1C(=O)N[C@H]2CCCC[C@@H]2N1C(=O)NC1CCCCC1)Nc1ccc(Cl)cc1. The lowest BCUT2D eigenvalue weighted by Crippen LogP contribution is -2.69. The van der Waals surface area contributed by atoms with E-state index in [0.717, 1.165) is 51.4 Å². The molecule has 3 fully saturated rings. The molecule has 2 saturated carbocycles. The highest BCUT2D eigenvalue weighted by Gasteiger charge is 2.46. The van der Waals surface area contributed by atoms with Crippen molar-refractivity contribution in [3.05, 3.63) is 29.3 Å². The Morgan fingerprint density at radius 1 is 1.00 bits per heavy atom.